The zero-order valence-corrected chi connectivity index (χ0v) is 7.31. The highest BCUT2D eigenvalue weighted by atomic mass is 14.7. The summed E-state index contributed by atoms with van der Waals surface area (Å²) in [5, 5.41) is 14.8. The van der Waals surface area contributed by atoms with Gasteiger partial charge in [-0.2, -0.15) is 0 Å². The Bertz CT molecular complexity index is 296. The summed E-state index contributed by atoms with van der Waals surface area (Å²) in [5.41, 5.74) is 2.10. The van der Waals surface area contributed by atoms with Gasteiger partial charge >= 0.3 is 0 Å². The molecule has 0 saturated heterocycles. The Hall–Kier alpha value is -1.38. The van der Waals surface area contributed by atoms with Crippen LogP contribution in [0.25, 0.3) is 0 Å². The Balaban J connectivity index is 3.01. The van der Waals surface area contributed by atoms with Gasteiger partial charge in [0.05, 0.1) is 11.4 Å². The Kier molecular flexibility index (Phi) is 2.43. The van der Waals surface area contributed by atoms with Crippen molar-refractivity contribution < 1.29 is 0 Å². The third-order valence-corrected chi connectivity index (χ3v) is 1.78. The van der Waals surface area contributed by atoms with Gasteiger partial charge in [-0.15, -0.1) is 0 Å². The molecule has 0 aliphatic carbocycles. The molecule has 0 radical (unpaired) electrons. The first-order chi connectivity index (χ1) is 5.66. The summed E-state index contributed by atoms with van der Waals surface area (Å²) in [6.45, 7) is 3.94. The molecule has 0 amide bonds. The first-order valence-corrected chi connectivity index (χ1v) is 3.93. The van der Waals surface area contributed by atoms with Gasteiger partial charge in [0.25, 0.3) is 0 Å². The molecule has 3 N–H and O–H groups in total. The van der Waals surface area contributed by atoms with Crippen LogP contribution in [0, 0.1) is 16.7 Å². The highest BCUT2D eigenvalue weighted by Gasteiger charge is 2.10. The second kappa shape index (κ2) is 3.34. The summed E-state index contributed by atoms with van der Waals surface area (Å²) < 4.78 is 0. The lowest BCUT2D eigenvalue weighted by Crippen LogP contribution is -2.09. The van der Waals surface area contributed by atoms with Gasteiger partial charge < -0.3 is 15.8 Å². The van der Waals surface area contributed by atoms with E-state index in [1.54, 1.807) is 12.3 Å². The molecule has 0 fully saturated rings. The van der Waals surface area contributed by atoms with Crippen molar-refractivity contribution in [2.24, 2.45) is 5.92 Å². The molecule has 64 valence electrons. The van der Waals surface area contributed by atoms with Crippen LogP contribution in [0.15, 0.2) is 12.3 Å². The summed E-state index contributed by atoms with van der Waals surface area (Å²) in [7, 11) is 0. The average molecular weight is 163 g/mol. The van der Waals surface area contributed by atoms with Gasteiger partial charge in [-0.1, -0.05) is 13.8 Å². The fourth-order valence-corrected chi connectivity index (χ4v) is 1.02. The van der Waals surface area contributed by atoms with E-state index in [4.69, 9.17) is 10.8 Å². The van der Waals surface area contributed by atoms with E-state index in [9.17, 15) is 0 Å². The van der Waals surface area contributed by atoms with Crippen LogP contribution in [-0.4, -0.2) is 16.9 Å². The molecule has 3 nitrogen and oxygen atoms in total. The fourth-order valence-electron chi connectivity index (χ4n) is 1.02. The molecule has 1 heterocycles. The normalized spacial score (nSPS) is 10.2. The lowest BCUT2D eigenvalue weighted by molar-refractivity contribution is 0.873. The van der Waals surface area contributed by atoms with Crippen LogP contribution in [0.1, 0.15) is 25.1 Å². The first-order valence-electron chi connectivity index (χ1n) is 3.93. The van der Waals surface area contributed by atoms with E-state index in [1.807, 2.05) is 13.8 Å². The maximum absolute atomic E-state index is 7.71. The molecule has 0 atom stereocenters. The number of H-pyrrole nitrogens is 1. The lowest BCUT2D eigenvalue weighted by atomic mass is 10.0. The molecule has 1 rings (SSSR count). The molecule has 0 spiro atoms. The van der Waals surface area contributed by atoms with Crippen molar-refractivity contribution in [1.29, 1.82) is 10.8 Å². The number of aromatic amines is 1. The van der Waals surface area contributed by atoms with Crippen molar-refractivity contribution in [2.75, 3.05) is 0 Å². The minimum absolute atomic E-state index is 0.197. The minimum atomic E-state index is 0.197. The smallest absolute Gasteiger partial charge is 0.0683 e. The summed E-state index contributed by atoms with van der Waals surface area (Å²) in [4.78, 5) is 2.96. The van der Waals surface area contributed by atoms with Crippen LogP contribution in [0.3, 0.4) is 0 Å². The van der Waals surface area contributed by atoms with Crippen molar-refractivity contribution in [1.82, 2.24) is 4.98 Å². The molecule has 12 heavy (non-hydrogen) atoms. The molecule has 0 saturated carbocycles. The Morgan fingerprint density at radius 1 is 1.58 bits per heavy atom. The van der Waals surface area contributed by atoms with Gasteiger partial charge in [0, 0.05) is 18.0 Å². The molecule has 0 aliphatic rings. The maximum Gasteiger partial charge on any atom is 0.0683 e. The van der Waals surface area contributed by atoms with Crippen molar-refractivity contribution in [3.8, 4) is 0 Å². The SMILES string of the molecule is CC(C)C(=N)c1[nH]ccc1C=N. The van der Waals surface area contributed by atoms with Crippen LogP contribution in [-0.2, 0) is 0 Å². The fraction of sp³-hybridized carbons (Fsp3) is 0.333. The van der Waals surface area contributed by atoms with Crippen LogP contribution in [0.5, 0.6) is 0 Å². The van der Waals surface area contributed by atoms with Crippen molar-refractivity contribution >= 4 is 11.9 Å². The third-order valence-electron chi connectivity index (χ3n) is 1.78. The van der Waals surface area contributed by atoms with Gasteiger partial charge in [0.15, 0.2) is 0 Å². The first kappa shape index (κ1) is 8.71. The summed E-state index contributed by atoms with van der Waals surface area (Å²) in [5.74, 6) is 0.197. The van der Waals surface area contributed by atoms with E-state index in [0.717, 1.165) is 11.3 Å². The van der Waals surface area contributed by atoms with E-state index < -0.39 is 0 Å². The molecule has 0 bridgehead atoms. The van der Waals surface area contributed by atoms with Gasteiger partial charge in [0.1, 0.15) is 0 Å². The number of nitrogens with one attached hydrogen (secondary N) is 3. The number of hydrogen-bond donors (Lipinski definition) is 3. The number of rotatable bonds is 3. The van der Waals surface area contributed by atoms with Crippen molar-refractivity contribution in [3.05, 3.63) is 23.5 Å². The Morgan fingerprint density at radius 2 is 2.25 bits per heavy atom. The quantitative estimate of drug-likeness (QED) is 0.571. The molecule has 1 aromatic heterocycles. The topological polar surface area (TPSA) is 63.5 Å². The molecular formula is C9H13N3. The van der Waals surface area contributed by atoms with Gasteiger partial charge in [0.2, 0.25) is 0 Å². The van der Waals surface area contributed by atoms with Crippen molar-refractivity contribution in [2.45, 2.75) is 13.8 Å². The largest absolute Gasteiger partial charge is 0.360 e. The van der Waals surface area contributed by atoms with E-state index in [1.165, 1.54) is 6.21 Å². The van der Waals surface area contributed by atoms with Gasteiger partial charge in [-0.25, -0.2) is 0 Å². The van der Waals surface area contributed by atoms with Gasteiger partial charge in [-0.05, 0) is 12.0 Å². The summed E-state index contributed by atoms with van der Waals surface area (Å²) >= 11 is 0. The standard InChI is InChI=1S/C9H13N3/c1-6(2)8(11)9-7(5-10)3-4-12-9/h3-6,10-12H,1-2H3. The zero-order valence-electron chi connectivity index (χ0n) is 7.31. The monoisotopic (exact) mass is 163 g/mol. The van der Waals surface area contributed by atoms with Crippen LogP contribution in [0.2, 0.25) is 0 Å². The highest BCUT2D eigenvalue weighted by molar-refractivity contribution is 6.04. The number of hydrogen-bond acceptors (Lipinski definition) is 2. The minimum Gasteiger partial charge on any atom is -0.360 e. The van der Waals surface area contributed by atoms with E-state index in [2.05, 4.69) is 4.98 Å². The molecule has 1 aromatic rings. The zero-order chi connectivity index (χ0) is 9.14. The lowest BCUT2D eigenvalue weighted by Gasteiger charge is -2.05. The number of aromatic nitrogens is 1. The molecule has 0 unspecified atom stereocenters. The molecular weight excluding hydrogens is 150 g/mol. The predicted molar refractivity (Wildman–Crippen MR) is 50.3 cm³/mol. The van der Waals surface area contributed by atoms with Crippen LogP contribution >= 0.6 is 0 Å². The van der Waals surface area contributed by atoms with E-state index in [0.29, 0.717) is 5.71 Å². The van der Waals surface area contributed by atoms with E-state index in [-0.39, 0.29) is 5.92 Å². The third kappa shape index (κ3) is 1.44. The molecule has 3 heteroatoms. The second-order valence-electron chi connectivity index (χ2n) is 3.02. The van der Waals surface area contributed by atoms with Crippen molar-refractivity contribution in [3.63, 3.8) is 0 Å². The predicted octanol–water partition coefficient (Wildman–Crippen LogP) is 2.04. The van der Waals surface area contributed by atoms with E-state index >= 15 is 0 Å². The molecule has 0 aromatic carbocycles. The molecule has 0 aliphatic heterocycles. The Morgan fingerprint density at radius 3 is 2.75 bits per heavy atom. The summed E-state index contributed by atoms with van der Waals surface area (Å²) in [6.07, 6.45) is 3.02. The summed E-state index contributed by atoms with van der Waals surface area (Å²) in [6, 6.07) is 1.80. The average Bonchev–Trinajstić information content (AvgIpc) is 2.49. The van der Waals surface area contributed by atoms with Gasteiger partial charge in [-0.3, -0.25) is 0 Å². The maximum atomic E-state index is 7.71. The second-order valence-corrected chi connectivity index (χ2v) is 3.02. The van der Waals surface area contributed by atoms with Crippen LogP contribution in [0.4, 0.5) is 0 Å². The Labute approximate surface area is 71.8 Å². The highest BCUT2D eigenvalue weighted by Crippen LogP contribution is 2.09. The van der Waals surface area contributed by atoms with Crippen LogP contribution < -0.4 is 0 Å².